The van der Waals surface area contributed by atoms with Crippen LogP contribution in [0.3, 0.4) is 0 Å². The number of aromatic nitrogens is 2. The third-order valence-electron chi connectivity index (χ3n) is 2.57. The number of rotatable bonds is 4. The molecule has 0 saturated carbocycles. The fourth-order valence-corrected chi connectivity index (χ4v) is 1.66. The first kappa shape index (κ1) is 10.5. The Kier molecular flexibility index (Phi) is 2.81. The van der Waals surface area contributed by atoms with E-state index in [1.165, 1.54) is 0 Å². The molecule has 0 atom stereocenters. The van der Waals surface area contributed by atoms with E-state index in [9.17, 15) is 4.79 Å². The summed E-state index contributed by atoms with van der Waals surface area (Å²) < 4.78 is 5.10. The van der Waals surface area contributed by atoms with E-state index in [0.717, 1.165) is 29.8 Å². The second-order valence-corrected chi connectivity index (χ2v) is 3.53. The van der Waals surface area contributed by atoms with Gasteiger partial charge in [-0.2, -0.15) is 0 Å². The molecule has 4 heteroatoms. The van der Waals surface area contributed by atoms with Gasteiger partial charge in [-0.05, 0) is 18.6 Å². The highest BCUT2D eigenvalue weighted by Gasteiger charge is 2.10. The molecule has 2 aromatic heterocycles. The minimum atomic E-state index is 0.463. The maximum Gasteiger partial charge on any atom is 0.170 e. The first-order valence-electron chi connectivity index (χ1n) is 5.19. The summed E-state index contributed by atoms with van der Waals surface area (Å²) in [5, 5.41) is 0. The van der Waals surface area contributed by atoms with E-state index < -0.39 is 0 Å². The number of H-pyrrole nitrogens is 2. The molecule has 0 radical (unpaired) electrons. The molecule has 0 aromatic carbocycles. The maximum atomic E-state index is 10.8. The Balaban J connectivity index is 2.39. The van der Waals surface area contributed by atoms with Gasteiger partial charge in [0.2, 0.25) is 0 Å². The van der Waals surface area contributed by atoms with E-state index in [2.05, 4.69) is 16.9 Å². The van der Waals surface area contributed by atoms with Crippen molar-refractivity contribution in [2.24, 2.45) is 0 Å². The molecule has 0 spiro atoms. The third-order valence-corrected chi connectivity index (χ3v) is 2.57. The van der Waals surface area contributed by atoms with E-state index in [0.29, 0.717) is 11.4 Å². The lowest BCUT2D eigenvalue weighted by Gasteiger charge is -1.92. The van der Waals surface area contributed by atoms with Gasteiger partial charge < -0.3 is 14.7 Å². The molecule has 0 unspecified atom stereocenters. The van der Waals surface area contributed by atoms with Crippen molar-refractivity contribution in [3.8, 4) is 17.1 Å². The monoisotopic (exact) mass is 218 g/mol. The maximum absolute atomic E-state index is 10.8. The number of nitrogens with one attached hydrogen (secondary N) is 2. The van der Waals surface area contributed by atoms with Gasteiger partial charge >= 0.3 is 0 Å². The number of aldehydes is 1. The SMILES string of the molecule is CCc1ccc(-c2cc(OC)c(C=O)[nH]2)[nH]1. The zero-order chi connectivity index (χ0) is 11.5. The second-order valence-electron chi connectivity index (χ2n) is 3.53. The molecule has 0 aliphatic heterocycles. The molecular formula is C12H14N2O2. The number of ether oxygens (including phenoxy) is 1. The molecule has 0 aliphatic carbocycles. The fraction of sp³-hybridized carbons (Fsp3) is 0.250. The van der Waals surface area contributed by atoms with E-state index in [1.54, 1.807) is 7.11 Å². The van der Waals surface area contributed by atoms with Gasteiger partial charge in [-0.25, -0.2) is 0 Å². The Morgan fingerprint density at radius 1 is 1.31 bits per heavy atom. The van der Waals surface area contributed by atoms with Crippen molar-refractivity contribution in [1.82, 2.24) is 9.97 Å². The lowest BCUT2D eigenvalue weighted by molar-refractivity contribution is 0.111. The predicted octanol–water partition coefficient (Wildman–Crippen LogP) is 2.39. The molecular weight excluding hydrogens is 204 g/mol. The summed E-state index contributed by atoms with van der Waals surface area (Å²) >= 11 is 0. The summed E-state index contributed by atoms with van der Waals surface area (Å²) in [5.74, 6) is 0.567. The highest BCUT2D eigenvalue weighted by atomic mass is 16.5. The predicted molar refractivity (Wildman–Crippen MR) is 61.9 cm³/mol. The molecule has 0 fully saturated rings. The molecule has 2 heterocycles. The molecule has 0 bridgehead atoms. The van der Waals surface area contributed by atoms with Crippen molar-refractivity contribution >= 4 is 6.29 Å². The minimum absolute atomic E-state index is 0.463. The van der Waals surface area contributed by atoms with Gasteiger partial charge in [-0.3, -0.25) is 4.79 Å². The van der Waals surface area contributed by atoms with Gasteiger partial charge in [0.15, 0.2) is 6.29 Å². The first-order chi connectivity index (χ1) is 7.78. The largest absolute Gasteiger partial charge is 0.494 e. The standard InChI is InChI=1S/C12H14N2O2/c1-3-8-4-5-9(13-8)10-6-12(16-2)11(7-15)14-10/h4-7,13-14H,3H2,1-2H3. The smallest absolute Gasteiger partial charge is 0.170 e. The first-order valence-corrected chi connectivity index (χ1v) is 5.19. The number of carbonyl (C=O) groups excluding carboxylic acids is 1. The van der Waals surface area contributed by atoms with Gasteiger partial charge in [0.25, 0.3) is 0 Å². The quantitative estimate of drug-likeness (QED) is 0.774. The van der Waals surface area contributed by atoms with Gasteiger partial charge in [0.1, 0.15) is 11.4 Å². The Hall–Kier alpha value is -1.97. The van der Waals surface area contributed by atoms with Gasteiger partial charge in [-0.1, -0.05) is 6.92 Å². The highest BCUT2D eigenvalue weighted by molar-refractivity contribution is 5.79. The topological polar surface area (TPSA) is 57.9 Å². The normalized spacial score (nSPS) is 10.4. The fourth-order valence-electron chi connectivity index (χ4n) is 1.66. The Bertz CT molecular complexity index is 497. The van der Waals surface area contributed by atoms with E-state index in [1.807, 2.05) is 18.2 Å². The van der Waals surface area contributed by atoms with Crippen molar-refractivity contribution in [2.75, 3.05) is 7.11 Å². The summed E-state index contributed by atoms with van der Waals surface area (Å²) in [7, 11) is 1.55. The number of methoxy groups -OCH3 is 1. The molecule has 4 nitrogen and oxygen atoms in total. The van der Waals surface area contributed by atoms with Crippen LogP contribution in [0.25, 0.3) is 11.4 Å². The Morgan fingerprint density at radius 3 is 2.62 bits per heavy atom. The molecule has 2 rings (SSSR count). The van der Waals surface area contributed by atoms with E-state index in [4.69, 9.17) is 4.74 Å². The van der Waals surface area contributed by atoms with Crippen LogP contribution in [0.2, 0.25) is 0 Å². The molecule has 2 N–H and O–H groups in total. The number of hydrogen-bond acceptors (Lipinski definition) is 2. The summed E-state index contributed by atoms with van der Waals surface area (Å²) in [6.07, 6.45) is 1.71. The number of aromatic amines is 2. The summed E-state index contributed by atoms with van der Waals surface area (Å²) in [5.41, 5.74) is 3.45. The van der Waals surface area contributed by atoms with Gasteiger partial charge in [0, 0.05) is 11.8 Å². The van der Waals surface area contributed by atoms with Crippen LogP contribution in [0.4, 0.5) is 0 Å². The van der Waals surface area contributed by atoms with Crippen molar-refractivity contribution in [1.29, 1.82) is 0 Å². The lowest BCUT2D eigenvalue weighted by atomic mass is 10.3. The van der Waals surface area contributed by atoms with E-state index in [-0.39, 0.29) is 0 Å². The van der Waals surface area contributed by atoms with E-state index >= 15 is 0 Å². The van der Waals surface area contributed by atoms with Crippen molar-refractivity contribution in [3.05, 3.63) is 29.6 Å². The molecule has 0 aliphatic rings. The van der Waals surface area contributed by atoms with Crippen LogP contribution in [0.5, 0.6) is 5.75 Å². The molecule has 16 heavy (non-hydrogen) atoms. The van der Waals surface area contributed by atoms with Crippen molar-refractivity contribution < 1.29 is 9.53 Å². The van der Waals surface area contributed by atoms with Crippen LogP contribution in [-0.4, -0.2) is 23.4 Å². The summed E-state index contributed by atoms with van der Waals surface area (Å²) in [6, 6.07) is 5.83. The average molecular weight is 218 g/mol. The zero-order valence-corrected chi connectivity index (χ0v) is 9.33. The van der Waals surface area contributed by atoms with Crippen LogP contribution >= 0.6 is 0 Å². The van der Waals surface area contributed by atoms with Crippen LogP contribution in [0, 0.1) is 0 Å². The molecule has 0 amide bonds. The van der Waals surface area contributed by atoms with Gasteiger partial charge in [-0.15, -0.1) is 0 Å². The van der Waals surface area contributed by atoms with Crippen molar-refractivity contribution in [3.63, 3.8) is 0 Å². The zero-order valence-electron chi connectivity index (χ0n) is 9.33. The third kappa shape index (κ3) is 1.74. The molecule has 0 saturated heterocycles. The summed E-state index contributed by atoms with van der Waals surface area (Å²) in [4.78, 5) is 17.0. The Morgan fingerprint density at radius 2 is 2.12 bits per heavy atom. The second kappa shape index (κ2) is 4.26. The molecule has 2 aromatic rings. The van der Waals surface area contributed by atoms with Crippen LogP contribution in [0.15, 0.2) is 18.2 Å². The van der Waals surface area contributed by atoms with Crippen LogP contribution in [-0.2, 0) is 6.42 Å². The van der Waals surface area contributed by atoms with Gasteiger partial charge in [0.05, 0.1) is 18.5 Å². The summed E-state index contributed by atoms with van der Waals surface area (Å²) in [6.45, 7) is 2.09. The number of carbonyl (C=O) groups is 1. The number of hydrogen-bond donors (Lipinski definition) is 2. The Labute approximate surface area is 93.6 Å². The highest BCUT2D eigenvalue weighted by Crippen LogP contribution is 2.25. The molecule has 84 valence electrons. The number of aryl methyl sites for hydroxylation is 1. The average Bonchev–Trinajstić information content (AvgIpc) is 2.94. The minimum Gasteiger partial charge on any atom is -0.494 e. The van der Waals surface area contributed by atoms with Crippen LogP contribution in [0.1, 0.15) is 23.1 Å². The van der Waals surface area contributed by atoms with Crippen LogP contribution < -0.4 is 4.74 Å². The lowest BCUT2D eigenvalue weighted by Crippen LogP contribution is -1.86. The van der Waals surface area contributed by atoms with Crippen molar-refractivity contribution in [2.45, 2.75) is 13.3 Å².